The molecule has 12 heteroatoms. The van der Waals surface area contributed by atoms with Gasteiger partial charge >= 0.3 is 16.4 Å². The molecule has 1 aromatic carbocycles. The van der Waals surface area contributed by atoms with Gasteiger partial charge in [-0.2, -0.15) is 8.42 Å². The summed E-state index contributed by atoms with van der Waals surface area (Å²) in [4.78, 5) is 11.5. The Hall–Kier alpha value is -1.80. The molecule has 0 radical (unpaired) electrons. The van der Waals surface area contributed by atoms with E-state index in [1.165, 1.54) is 0 Å². The van der Waals surface area contributed by atoms with E-state index in [1.807, 2.05) is 6.07 Å². The fourth-order valence-corrected chi connectivity index (χ4v) is 7.58. The van der Waals surface area contributed by atoms with Gasteiger partial charge in [-0.15, -0.1) is 0 Å². The van der Waals surface area contributed by atoms with Crippen molar-refractivity contribution in [3.8, 4) is 5.75 Å². The van der Waals surface area contributed by atoms with Gasteiger partial charge in [-0.05, 0) is 85.0 Å². The molecular weight excluding hydrogens is 496 g/mol. The van der Waals surface area contributed by atoms with E-state index in [4.69, 9.17) is 14.0 Å². The summed E-state index contributed by atoms with van der Waals surface area (Å²) in [5.74, 6) is -0.383. The second kappa shape index (κ2) is 9.19. The van der Waals surface area contributed by atoms with Crippen molar-refractivity contribution in [2.45, 2.75) is 88.2 Å². The Morgan fingerprint density at radius 2 is 1.83 bits per heavy atom. The average molecular weight is 529 g/mol. The van der Waals surface area contributed by atoms with E-state index in [0.29, 0.717) is 18.3 Å². The van der Waals surface area contributed by atoms with Gasteiger partial charge < -0.3 is 34.1 Å². The maximum atomic E-state index is 11.5. The van der Waals surface area contributed by atoms with Gasteiger partial charge in [0.1, 0.15) is 24.1 Å². The highest BCUT2D eigenvalue weighted by Crippen LogP contribution is 2.62. The zero-order valence-electron chi connectivity index (χ0n) is 19.8. The molecule has 2 saturated carbocycles. The van der Waals surface area contributed by atoms with Gasteiger partial charge in [0.2, 0.25) is 0 Å². The highest BCUT2D eigenvalue weighted by molar-refractivity contribution is 7.81. The second-order valence-corrected chi connectivity index (χ2v) is 11.8. The predicted molar refractivity (Wildman–Crippen MR) is 122 cm³/mol. The Labute approximate surface area is 208 Å². The van der Waals surface area contributed by atoms with Gasteiger partial charge in [0.25, 0.3) is 0 Å². The third kappa shape index (κ3) is 4.42. The molecular formula is C24H32O11S. The van der Waals surface area contributed by atoms with E-state index < -0.39 is 47.1 Å². The SMILES string of the molecule is C[C@]12CC[C@@H]3c4ccc(OS(=O)(=O)O)cc4CC[C@H]3[C@@H]1CC[C@@H]2O[C@@H]1O[C@H](C(=O)O)[C@@H](O)[C@H](O)[C@H]1O. The Kier molecular flexibility index (Phi) is 6.60. The lowest BCUT2D eigenvalue weighted by Crippen LogP contribution is -2.61. The first kappa shape index (κ1) is 25.8. The topological polar surface area (TPSA) is 180 Å². The van der Waals surface area contributed by atoms with Crippen molar-refractivity contribution >= 4 is 16.4 Å². The summed E-state index contributed by atoms with van der Waals surface area (Å²) in [5.41, 5.74) is 1.93. The molecule has 0 aromatic heterocycles. The average Bonchev–Trinajstić information content (AvgIpc) is 3.13. The molecule has 5 N–H and O–H groups in total. The maximum absolute atomic E-state index is 11.5. The number of rotatable bonds is 5. The number of carbonyl (C=O) groups is 1. The quantitative estimate of drug-likeness (QED) is 0.344. The molecule has 3 fully saturated rings. The van der Waals surface area contributed by atoms with Crippen molar-refractivity contribution in [1.29, 1.82) is 0 Å². The van der Waals surface area contributed by atoms with Crippen LogP contribution in [0.4, 0.5) is 0 Å². The van der Waals surface area contributed by atoms with E-state index in [1.54, 1.807) is 12.1 Å². The minimum absolute atomic E-state index is 0.0858. The summed E-state index contributed by atoms with van der Waals surface area (Å²) >= 11 is 0. The van der Waals surface area contributed by atoms with Crippen molar-refractivity contribution in [3.05, 3.63) is 29.3 Å². The number of aliphatic hydroxyl groups is 3. The molecule has 11 nitrogen and oxygen atoms in total. The Bertz CT molecular complexity index is 1120. The largest absolute Gasteiger partial charge is 0.479 e. The van der Waals surface area contributed by atoms with E-state index in [2.05, 4.69) is 11.1 Å². The van der Waals surface area contributed by atoms with Crippen LogP contribution in [0.2, 0.25) is 0 Å². The van der Waals surface area contributed by atoms with Crippen LogP contribution in [0.25, 0.3) is 0 Å². The van der Waals surface area contributed by atoms with Crippen molar-refractivity contribution in [1.82, 2.24) is 0 Å². The maximum Gasteiger partial charge on any atom is 0.446 e. The van der Waals surface area contributed by atoms with E-state index >= 15 is 0 Å². The zero-order chi connectivity index (χ0) is 26.0. The number of aryl methyl sites for hydroxylation is 1. The fraction of sp³-hybridized carbons (Fsp3) is 0.708. The van der Waals surface area contributed by atoms with Crippen LogP contribution in [0.1, 0.15) is 56.1 Å². The summed E-state index contributed by atoms with van der Waals surface area (Å²) in [6.45, 7) is 2.15. The van der Waals surface area contributed by atoms with Crippen LogP contribution in [0.5, 0.6) is 5.75 Å². The van der Waals surface area contributed by atoms with Crippen molar-refractivity contribution in [2.75, 3.05) is 0 Å². The summed E-state index contributed by atoms with van der Waals surface area (Å²) in [7, 11) is -4.59. The molecule has 0 bridgehead atoms. The van der Waals surface area contributed by atoms with Gasteiger partial charge in [-0.25, -0.2) is 4.79 Å². The number of carboxylic acid groups (broad SMARTS) is 1. The molecule has 1 saturated heterocycles. The number of fused-ring (bicyclic) bond motifs is 5. The van der Waals surface area contributed by atoms with E-state index in [9.17, 15) is 33.6 Å². The number of aliphatic hydroxyl groups excluding tert-OH is 3. The summed E-state index contributed by atoms with van der Waals surface area (Å²) in [6, 6.07) is 5.11. The third-order valence-electron chi connectivity index (χ3n) is 8.92. The molecule has 0 amide bonds. The Morgan fingerprint density at radius 1 is 1.08 bits per heavy atom. The van der Waals surface area contributed by atoms with Crippen LogP contribution in [0, 0.1) is 17.3 Å². The molecule has 4 aliphatic rings. The van der Waals surface area contributed by atoms with Crippen molar-refractivity contribution < 1.29 is 51.8 Å². The molecule has 5 rings (SSSR count). The lowest BCUT2D eigenvalue weighted by molar-refractivity contribution is -0.312. The number of hydrogen-bond donors (Lipinski definition) is 5. The van der Waals surface area contributed by atoms with Crippen molar-refractivity contribution in [3.63, 3.8) is 0 Å². The van der Waals surface area contributed by atoms with Crippen LogP contribution in [-0.4, -0.2) is 76.2 Å². The number of carboxylic acids is 1. The summed E-state index contributed by atoms with van der Waals surface area (Å²) < 4.78 is 47.3. The van der Waals surface area contributed by atoms with Crippen LogP contribution < -0.4 is 4.18 Å². The molecule has 0 spiro atoms. The molecule has 1 heterocycles. The Morgan fingerprint density at radius 3 is 2.53 bits per heavy atom. The first-order chi connectivity index (χ1) is 16.9. The first-order valence-electron chi connectivity index (χ1n) is 12.3. The van der Waals surface area contributed by atoms with Crippen LogP contribution in [0.3, 0.4) is 0 Å². The minimum Gasteiger partial charge on any atom is -0.479 e. The van der Waals surface area contributed by atoms with Gasteiger partial charge in [0.05, 0.1) is 6.10 Å². The molecule has 200 valence electrons. The van der Waals surface area contributed by atoms with Gasteiger partial charge in [-0.1, -0.05) is 13.0 Å². The molecule has 1 aromatic rings. The third-order valence-corrected chi connectivity index (χ3v) is 9.33. The Balaban J connectivity index is 1.32. The zero-order valence-corrected chi connectivity index (χ0v) is 20.6. The number of benzene rings is 1. The predicted octanol–water partition coefficient (Wildman–Crippen LogP) is 1.00. The van der Waals surface area contributed by atoms with Gasteiger partial charge in [0, 0.05) is 0 Å². The second-order valence-electron chi connectivity index (χ2n) is 10.8. The molecule has 10 atom stereocenters. The number of hydrogen-bond acceptors (Lipinski definition) is 9. The van der Waals surface area contributed by atoms with Gasteiger partial charge in [0.15, 0.2) is 12.4 Å². The first-order valence-corrected chi connectivity index (χ1v) is 13.6. The molecule has 1 aliphatic heterocycles. The van der Waals surface area contributed by atoms with Crippen LogP contribution in [-0.2, 0) is 31.1 Å². The van der Waals surface area contributed by atoms with Crippen molar-refractivity contribution in [2.24, 2.45) is 17.3 Å². The minimum atomic E-state index is -4.59. The molecule has 36 heavy (non-hydrogen) atoms. The van der Waals surface area contributed by atoms with Gasteiger partial charge in [-0.3, -0.25) is 4.55 Å². The smallest absolute Gasteiger partial charge is 0.446 e. The standard InChI is InChI=1S/C24H32O11S/c1-24-9-8-14-13-5-3-12(35-36(30,31)32)10-11(13)2-4-15(14)16(24)6-7-17(24)33-23-20(27)18(25)19(26)21(34-23)22(28)29/h3,5,10,14-21,23,25-27H,2,4,6-9H2,1H3,(H,28,29)(H,30,31,32)/t14-,15-,16+,17+,18+,19+,20-,21+,23-,24+/m1/s1. The summed E-state index contributed by atoms with van der Waals surface area (Å²) in [6.07, 6.45) is -3.49. The highest BCUT2D eigenvalue weighted by atomic mass is 32.3. The lowest BCUT2D eigenvalue weighted by Gasteiger charge is -2.51. The van der Waals surface area contributed by atoms with E-state index in [-0.39, 0.29) is 23.2 Å². The van der Waals surface area contributed by atoms with Crippen LogP contribution in [0.15, 0.2) is 18.2 Å². The van der Waals surface area contributed by atoms with E-state index in [0.717, 1.165) is 43.2 Å². The monoisotopic (exact) mass is 528 g/mol. The fourth-order valence-electron chi connectivity index (χ4n) is 7.23. The molecule has 0 unspecified atom stereocenters. The number of aliphatic carboxylic acids is 1. The lowest BCUT2D eigenvalue weighted by atomic mass is 9.55. The van der Waals surface area contributed by atoms with Crippen LogP contribution >= 0.6 is 0 Å². The number of ether oxygens (including phenoxy) is 2. The normalized spacial score (nSPS) is 42.2. The molecule has 3 aliphatic carbocycles. The summed E-state index contributed by atoms with van der Waals surface area (Å²) in [5, 5.41) is 39.9. The highest BCUT2D eigenvalue weighted by Gasteiger charge is 2.57.